The van der Waals surface area contributed by atoms with Gasteiger partial charge in [-0.25, -0.2) is 0 Å². The number of aromatic amines is 1. The van der Waals surface area contributed by atoms with Crippen molar-refractivity contribution >= 4 is 29.3 Å². The first kappa shape index (κ1) is 30.6. The zero-order chi connectivity index (χ0) is 32.6. The summed E-state index contributed by atoms with van der Waals surface area (Å²) in [6, 6.07) is 23.5. The number of anilines is 2. The molecular weight excluding hydrogens is 593 g/mol. The summed E-state index contributed by atoms with van der Waals surface area (Å²) in [5, 5.41) is 8.68. The number of carbonyl (C=O) groups is 2. The maximum atomic E-state index is 13.0. The minimum atomic E-state index is -4.53. The average Bonchev–Trinajstić information content (AvgIpc) is 3.77. The molecule has 1 aliphatic heterocycles. The molecule has 234 valence electrons. The van der Waals surface area contributed by atoms with E-state index < -0.39 is 17.6 Å². The van der Waals surface area contributed by atoms with E-state index in [4.69, 9.17) is 0 Å². The molecule has 2 amide bonds. The first-order chi connectivity index (χ1) is 22.0. The fourth-order valence-corrected chi connectivity index (χ4v) is 6.25. The SMILES string of the molecule is Cc1cc(C)c(CC2=Cc3ccccc3C2C2C(=O)Nc3ccccc32)[nH]1.Cc1oncc1C(=O)Nc1ccccc1C(F)(F)F. The van der Waals surface area contributed by atoms with Crippen molar-refractivity contribution in [3.05, 3.63) is 141 Å². The number of para-hydroxylation sites is 2. The second-order valence-electron chi connectivity index (χ2n) is 11.5. The molecule has 7 rings (SSSR count). The van der Waals surface area contributed by atoms with E-state index in [1.165, 1.54) is 58.8 Å². The van der Waals surface area contributed by atoms with Crippen LogP contribution in [0.4, 0.5) is 24.5 Å². The molecule has 3 heterocycles. The van der Waals surface area contributed by atoms with Gasteiger partial charge in [-0.15, -0.1) is 0 Å². The Bertz CT molecular complexity index is 1970. The fraction of sp³-hybridized carbons (Fsp3) is 0.194. The molecule has 2 aliphatic rings. The standard InChI is InChI=1S/C24H22N2O.C12H9F3N2O2/c1-14-11-15(2)25-21(14)13-17-12-16-7-3-4-8-18(16)22(17)23-19-9-5-6-10-20(19)26-24(23)27;1-7-8(6-16-19-7)11(18)17-10-5-3-2-4-9(10)12(13,14)15/h3-12,22-23,25H,13H2,1-2H3,(H,26,27);2-6H,1H3,(H,17,18). The number of hydrogen-bond donors (Lipinski definition) is 3. The van der Waals surface area contributed by atoms with E-state index in [1.54, 1.807) is 0 Å². The number of nitrogens with one attached hydrogen (secondary N) is 3. The number of aryl methyl sites for hydroxylation is 3. The Balaban J connectivity index is 0.000000173. The highest BCUT2D eigenvalue weighted by atomic mass is 19.4. The van der Waals surface area contributed by atoms with E-state index >= 15 is 0 Å². The number of halogens is 3. The number of hydrogen-bond acceptors (Lipinski definition) is 4. The van der Waals surface area contributed by atoms with Crippen LogP contribution >= 0.6 is 0 Å². The molecule has 10 heteroatoms. The second kappa shape index (κ2) is 12.2. The normalized spacial score (nSPS) is 16.6. The number of rotatable bonds is 5. The van der Waals surface area contributed by atoms with Crippen LogP contribution in [0.15, 0.2) is 95.2 Å². The monoisotopic (exact) mass is 624 g/mol. The molecule has 0 bridgehead atoms. The van der Waals surface area contributed by atoms with Crippen LogP contribution in [0, 0.1) is 20.8 Å². The molecule has 0 saturated carbocycles. The smallest absolute Gasteiger partial charge is 0.362 e. The highest BCUT2D eigenvalue weighted by Gasteiger charge is 2.42. The third-order valence-electron chi connectivity index (χ3n) is 8.35. The van der Waals surface area contributed by atoms with E-state index in [9.17, 15) is 22.8 Å². The quantitative estimate of drug-likeness (QED) is 0.183. The largest absolute Gasteiger partial charge is 0.418 e. The number of benzene rings is 3. The van der Waals surface area contributed by atoms with Gasteiger partial charge in [0.2, 0.25) is 5.91 Å². The van der Waals surface area contributed by atoms with Gasteiger partial charge in [-0.2, -0.15) is 13.2 Å². The van der Waals surface area contributed by atoms with Gasteiger partial charge in [0, 0.05) is 29.4 Å². The van der Waals surface area contributed by atoms with Crippen molar-refractivity contribution in [3.63, 3.8) is 0 Å². The summed E-state index contributed by atoms with van der Waals surface area (Å²) >= 11 is 0. The highest BCUT2D eigenvalue weighted by molar-refractivity contribution is 6.05. The summed E-state index contributed by atoms with van der Waals surface area (Å²) in [7, 11) is 0. The van der Waals surface area contributed by atoms with Crippen LogP contribution in [0.25, 0.3) is 6.08 Å². The van der Waals surface area contributed by atoms with Gasteiger partial charge in [0.15, 0.2) is 0 Å². The molecule has 2 atom stereocenters. The zero-order valence-electron chi connectivity index (χ0n) is 25.3. The molecule has 3 N–H and O–H groups in total. The van der Waals surface area contributed by atoms with Crippen molar-refractivity contribution in [1.29, 1.82) is 0 Å². The van der Waals surface area contributed by atoms with Crippen molar-refractivity contribution in [2.24, 2.45) is 0 Å². The predicted octanol–water partition coefficient (Wildman–Crippen LogP) is 8.34. The third kappa shape index (κ3) is 5.98. The lowest BCUT2D eigenvalue weighted by Crippen LogP contribution is -2.20. The number of alkyl halides is 3. The molecule has 2 unspecified atom stereocenters. The number of fused-ring (bicyclic) bond motifs is 2. The number of allylic oxidation sites excluding steroid dienone is 1. The summed E-state index contributed by atoms with van der Waals surface area (Å²) in [6.45, 7) is 5.73. The van der Waals surface area contributed by atoms with Crippen molar-refractivity contribution < 1.29 is 27.3 Å². The lowest BCUT2D eigenvalue weighted by Gasteiger charge is -2.23. The lowest BCUT2D eigenvalue weighted by atomic mass is 9.78. The van der Waals surface area contributed by atoms with Gasteiger partial charge >= 0.3 is 6.18 Å². The van der Waals surface area contributed by atoms with E-state index in [0.717, 1.165) is 29.9 Å². The van der Waals surface area contributed by atoms with Gasteiger partial charge in [0.05, 0.1) is 23.4 Å². The Morgan fingerprint density at radius 3 is 2.33 bits per heavy atom. The number of H-pyrrole nitrogens is 1. The summed E-state index contributed by atoms with van der Waals surface area (Å²) < 4.78 is 42.9. The van der Waals surface area contributed by atoms with Crippen LogP contribution in [0.1, 0.15) is 67.2 Å². The highest BCUT2D eigenvalue weighted by Crippen LogP contribution is 2.50. The first-order valence-corrected chi connectivity index (χ1v) is 14.7. The second-order valence-corrected chi connectivity index (χ2v) is 11.5. The Morgan fingerprint density at radius 2 is 1.63 bits per heavy atom. The third-order valence-corrected chi connectivity index (χ3v) is 8.35. The Kier molecular flexibility index (Phi) is 8.12. The molecule has 3 aromatic carbocycles. The number of nitrogens with zero attached hydrogens (tertiary/aromatic N) is 1. The van der Waals surface area contributed by atoms with Crippen molar-refractivity contribution in [2.75, 3.05) is 10.6 Å². The van der Waals surface area contributed by atoms with Crippen LogP contribution in [-0.4, -0.2) is 22.0 Å². The van der Waals surface area contributed by atoms with Crippen LogP contribution < -0.4 is 10.6 Å². The number of amides is 2. The van der Waals surface area contributed by atoms with Crippen LogP contribution in [0.3, 0.4) is 0 Å². The molecule has 5 aromatic rings. The molecule has 0 saturated heterocycles. The molecule has 2 aromatic heterocycles. The minimum absolute atomic E-state index is 0.0767. The van der Waals surface area contributed by atoms with Crippen molar-refractivity contribution in [3.8, 4) is 0 Å². The van der Waals surface area contributed by atoms with Gasteiger partial charge in [0.1, 0.15) is 11.3 Å². The van der Waals surface area contributed by atoms with Gasteiger partial charge in [0.25, 0.3) is 5.91 Å². The fourth-order valence-electron chi connectivity index (χ4n) is 6.25. The number of aromatic nitrogens is 2. The topological polar surface area (TPSA) is 100 Å². The van der Waals surface area contributed by atoms with E-state index in [2.05, 4.69) is 81.6 Å². The summed E-state index contributed by atoms with van der Waals surface area (Å²) in [6.07, 6.45) is -0.261. The minimum Gasteiger partial charge on any atom is -0.362 e. The zero-order valence-corrected chi connectivity index (χ0v) is 25.3. The Hall–Kier alpha value is -5.38. The Morgan fingerprint density at radius 1 is 0.935 bits per heavy atom. The predicted molar refractivity (Wildman–Crippen MR) is 170 cm³/mol. The van der Waals surface area contributed by atoms with Crippen LogP contribution in [-0.2, 0) is 17.4 Å². The summed E-state index contributed by atoms with van der Waals surface area (Å²) in [5.41, 5.74) is 8.42. The van der Waals surface area contributed by atoms with Gasteiger partial charge < -0.3 is 20.1 Å². The van der Waals surface area contributed by atoms with Gasteiger partial charge in [-0.05, 0) is 67.3 Å². The summed E-state index contributed by atoms with van der Waals surface area (Å²) in [5.74, 6) is -0.457. The molecular formula is C36H31F3N4O3. The maximum absolute atomic E-state index is 13.0. The molecule has 0 radical (unpaired) electrons. The first-order valence-electron chi connectivity index (χ1n) is 14.7. The lowest BCUT2D eigenvalue weighted by molar-refractivity contribution is -0.136. The van der Waals surface area contributed by atoms with Gasteiger partial charge in [-0.3, -0.25) is 9.59 Å². The summed E-state index contributed by atoms with van der Waals surface area (Å²) in [4.78, 5) is 28.2. The van der Waals surface area contributed by atoms with E-state index in [0.29, 0.717) is 0 Å². The average molecular weight is 625 g/mol. The molecule has 0 spiro atoms. The van der Waals surface area contributed by atoms with Crippen molar-refractivity contribution in [1.82, 2.24) is 10.1 Å². The van der Waals surface area contributed by atoms with Crippen molar-refractivity contribution in [2.45, 2.75) is 45.2 Å². The van der Waals surface area contributed by atoms with Crippen LogP contribution in [0.5, 0.6) is 0 Å². The Labute approximate surface area is 263 Å². The molecule has 46 heavy (non-hydrogen) atoms. The maximum Gasteiger partial charge on any atom is 0.418 e. The number of carbonyl (C=O) groups excluding carboxylic acids is 2. The van der Waals surface area contributed by atoms with E-state index in [-0.39, 0.29) is 34.8 Å². The van der Waals surface area contributed by atoms with E-state index in [1.807, 2.05) is 18.2 Å². The molecule has 1 aliphatic carbocycles. The van der Waals surface area contributed by atoms with Crippen LogP contribution in [0.2, 0.25) is 0 Å². The molecule has 7 nitrogen and oxygen atoms in total. The molecule has 0 fully saturated rings. The van der Waals surface area contributed by atoms with Gasteiger partial charge in [-0.1, -0.05) is 71.4 Å².